The van der Waals surface area contributed by atoms with Crippen LogP contribution in [0.15, 0.2) is 29.1 Å². The van der Waals surface area contributed by atoms with E-state index < -0.39 is 4.92 Å². The minimum absolute atomic E-state index is 0.0180. The van der Waals surface area contributed by atoms with E-state index in [9.17, 15) is 10.1 Å². The maximum absolute atomic E-state index is 11.2. The van der Waals surface area contributed by atoms with Crippen LogP contribution in [-0.2, 0) is 6.54 Å². The van der Waals surface area contributed by atoms with Gasteiger partial charge in [-0.25, -0.2) is 0 Å². The van der Waals surface area contributed by atoms with Crippen molar-refractivity contribution in [2.45, 2.75) is 19.9 Å². The maximum atomic E-state index is 11.2. The third-order valence-corrected chi connectivity index (χ3v) is 2.63. The highest BCUT2D eigenvalue weighted by Crippen LogP contribution is 2.32. The van der Waals surface area contributed by atoms with Crippen LogP contribution in [0.3, 0.4) is 0 Å². The number of para-hydroxylation sites is 1. The van der Waals surface area contributed by atoms with Crippen molar-refractivity contribution in [3.63, 3.8) is 0 Å². The van der Waals surface area contributed by atoms with Gasteiger partial charge in [0, 0.05) is 6.54 Å². The summed E-state index contributed by atoms with van der Waals surface area (Å²) in [5.41, 5.74) is 0.931. The number of benzene rings is 1. The van der Waals surface area contributed by atoms with E-state index in [4.69, 9.17) is 0 Å². The Balaban J connectivity index is 2.20. The molecule has 2 aromatic rings. The predicted octanol–water partition coefficient (Wildman–Crippen LogP) is 2.41. The van der Waals surface area contributed by atoms with Gasteiger partial charge in [-0.1, -0.05) is 18.1 Å². The number of hydrogen-bond acceptors (Lipinski definition) is 7. The summed E-state index contributed by atoms with van der Waals surface area (Å²) in [7, 11) is 0. The van der Waals surface area contributed by atoms with Gasteiger partial charge in [0.15, 0.2) is 5.82 Å². The van der Waals surface area contributed by atoms with Crippen LogP contribution < -0.4 is 10.6 Å². The second kappa shape index (κ2) is 6.50. The van der Waals surface area contributed by atoms with Crippen LogP contribution in [0.1, 0.15) is 19.2 Å². The summed E-state index contributed by atoms with van der Waals surface area (Å²) < 4.78 is 4.61. The van der Waals surface area contributed by atoms with E-state index in [0.717, 1.165) is 6.42 Å². The van der Waals surface area contributed by atoms with Gasteiger partial charge in [0.25, 0.3) is 0 Å². The van der Waals surface area contributed by atoms with Crippen LogP contribution in [0.2, 0.25) is 0 Å². The number of nitro groups is 1. The summed E-state index contributed by atoms with van der Waals surface area (Å²) in [5, 5.41) is 20.9. The number of nitrogens with one attached hydrogen (secondary N) is 2. The van der Waals surface area contributed by atoms with Gasteiger partial charge < -0.3 is 15.2 Å². The van der Waals surface area contributed by atoms with E-state index in [1.807, 2.05) is 6.92 Å². The predicted molar refractivity (Wildman–Crippen MR) is 73.5 cm³/mol. The highest BCUT2D eigenvalue weighted by molar-refractivity contribution is 5.76. The maximum Gasteiger partial charge on any atom is 0.315 e. The van der Waals surface area contributed by atoms with Crippen LogP contribution in [0.4, 0.5) is 17.1 Å². The number of nitrogens with zero attached hydrogens (tertiary/aromatic N) is 3. The van der Waals surface area contributed by atoms with Crippen molar-refractivity contribution < 1.29 is 9.45 Å². The Morgan fingerprint density at radius 3 is 2.70 bits per heavy atom. The summed E-state index contributed by atoms with van der Waals surface area (Å²) in [6.45, 7) is 2.93. The molecule has 0 aliphatic rings. The van der Waals surface area contributed by atoms with Crippen molar-refractivity contribution in [3.8, 4) is 0 Å². The summed E-state index contributed by atoms with van der Waals surface area (Å²) in [6.07, 6.45) is 2.10. The van der Waals surface area contributed by atoms with E-state index in [1.54, 1.807) is 18.2 Å². The molecule has 0 amide bonds. The van der Waals surface area contributed by atoms with Gasteiger partial charge in [-0.3, -0.25) is 10.1 Å². The van der Waals surface area contributed by atoms with Crippen LogP contribution in [-0.4, -0.2) is 21.6 Å². The van der Waals surface area contributed by atoms with E-state index in [1.165, 1.54) is 6.39 Å². The topological polar surface area (TPSA) is 106 Å². The van der Waals surface area contributed by atoms with Crippen LogP contribution in [0, 0.1) is 10.1 Å². The first kappa shape index (κ1) is 13.8. The molecule has 106 valence electrons. The first-order valence-corrected chi connectivity index (χ1v) is 6.22. The molecule has 20 heavy (non-hydrogen) atoms. The zero-order valence-electron chi connectivity index (χ0n) is 11.0. The average molecular weight is 277 g/mol. The lowest BCUT2D eigenvalue weighted by Crippen LogP contribution is -2.07. The highest BCUT2D eigenvalue weighted by atomic mass is 16.6. The number of hydrogen-bond donors (Lipinski definition) is 2. The quantitative estimate of drug-likeness (QED) is 0.591. The lowest BCUT2D eigenvalue weighted by Gasteiger charge is -2.10. The van der Waals surface area contributed by atoms with Gasteiger partial charge in [-0.15, -0.1) is 0 Å². The average Bonchev–Trinajstić information content (AvgIpc) is 2.95. The van der Waals surface area contributed by atoms with Gasteiger partial charge in [0.05, 0.1) is 11.5 Å². The Bertz CT molecular complexity index is 570. The number of nitro benzene ring substituents is 1. The Hall–Kier alpha value is -2.64. The molecule has 8 heteroatoms. The molecule has 1 aromatic carbocycles. The molecule has 0 aliphatic carbocycles. The third-order valence-electron chi connectivity index (χ3n) is 2.63. The van der Waals surface area contributed by atoms with Crippen molar-refractivity contribution in [1.29, 1.82) is 0 Å². The van der Waals surface area contributed by atoms with Gasteiger partial charge in [0.1, 0.15) is 11.4 Å². The SMILES string of the molecule is CCCNc1cccc(NCc2ncon2)c1[N+](=O)[O-]. The smallest absolute Gasteiger partial charge is 0.315 e. The molecule has 0 spiro atoms. The molecule has 2 rings (SSSR count). The number of aromatic nitrogens is 2. The first-order valence-electron chi connectivity index (χ1n) is 6.22. The normalized spacial score (nSPS) is 10.2. The fraction of sp³-hybridized carbons (Fsp3) is 0.333. The minimum atomic E-state index is -0.406. The van der Waals surface area contributed by atoms with Crippen LogP contribution in [0.25, 0.3) is 0 Å². The van der Waals surface area contributed by atoms with Gasteiger partial charge in [-0.05, 0) is 18.6 Å². The fourth-order valence-electron chi connectivity index (χ4n) is 1.73. The largest absolute Gasteiger partial charge is 0.379 e. The van der Waals surface area contributed by atoms with E-state index in [2.05, 4.69) is 25.3 Å². The summed E-state index contributed by atoms with van der Waals surface area (Å²) in [4.78, 5) is 14.7. The Morgan fingerprint density at radius 2 is 2.10 bits per heavy atom. The molecule has 0 bridgehead atoms. The molecule has 0 aliphatic heterocycles. The van der Waals surface area contributed by atoms with Crippen molar-refractivity contribution in [3.05, 3.63) is 40.5 Å². The minimum Gasteiger partial charge on any atom is -0.379 e. The van der Waals surface area contributed by atoms with Crippen LogP contribution >= 0.6 is 0 Å². The summed E-state index contributed by atoms with van der Waals surface area (Å²) >= 11 is 0. The Labute approximate surface area is 115 Å². The van der Waals surface area contributed by atoms with Crippen molar-refractivity contribution in [2.75, 3.05) is 17.2 Å². The van der Waals surface area contributed by atoms with Gasteiger partial charge in [-0.2, -0.15) is 4.98 Å². The third kappa shape index (κ3) is 3.22. The van der Waals surface area contributed by atoms with E-state index >= 15 is 0 Å². The molecular weight excluding hydrogens is 262 g/mol. The standard InChI is InChI=1S/C12H15N5O3/c1-2-6-13-9-4-3-5-10(12(9)17(18)19)14-7-11-15-8-20-16-11/h3-5,8,13-14H,2,6-7H2,1H3. The zero-order valence-corrected chi connectivity index (χ0v) is 11.0. The lowest BCUT2D eigenvalue weighted by atomic mass is 10.2. The van der Waals surface area contributed by atoms with Crippen molar-refractivity contribution in [1.82, 2.24) is 10.1 Å². The number of anilines is 2. The summed E-state index contributed by atoms with van der Waals surface area (Å²) in [6, 6.07) is 5.09. The van der Waals surface area contributed by atoms with Crippen LogP contribution in [0.5, 0.6) is 0 Å². The molecule has 8 nitrogen and oxygen atoms in total. The second-order valence-electron chi connectivity index (χ2n) is 4.09. The molecule has 1 heterocycles. The van der Waals surface area contributed by atoms with E-state index in [0.29, 0.717) is 23.7 Å². The molecule has 0 saturated carbocycles. The molecular formula is C12H15N5O3. The Kier molecular flexibility index (Phi) is 4.48. The fourth-order valence-corrected chi connectivity index (χ4v) is 1.73. The molecule has 0 unspecified atom stereocenters. The Morgan fingerprint density at radius 1 is 1.35 bits per heavy atom. The van der Waals surface area contributed by atoms with Crippen molar-refractivity contribution in [2.24, 2.45) is 0 Å². The van der Waals surface area contributed by atoms with Gasteiger partial charge >= 0.3 is 5.69 Å². The molecule has 0 fully saturated rings. The molecule has 0 saturated heterocycles. The molecule has 0 atom stereocenters. The highest BCUT2D eigenvalue weighted by Gasteiger charge is 2.19. The lowest BCUT2D eigenvalue weighted by molar-refractivity contribution is -0.383. The molecule has 2 N–H and O–H groups in total. The zero-order chi connectivity index (χ0) is 14.4. The molecule has 1 aromatic heterocycles. The summed E-state index contributed by atoms with van der Waals surface area (Å²) in [5.74, 6) is 0.436. The number of rotatable bonds is 7. The van der Waals surface area contributed by atoms with E-state index in [-0.39, 0.29) is 12.2 Å². The second-order valence-corrected chi connectivity index (χ2v) is 4.09. The molecule has 0 radical (unpaired) electrons. The monoisotopic (exact) mass is 277 g/mol. The van der Waals surface area contributed by atoms with Crippen molar-refractivity contribution >= 4 is 17.1 Å². The first-order chi connectivity index (χ1) is 9.72. The van der Waals surface area contributed by atoms with Gasteiger partial charge in [0.2, 0.25) is 6.39 Å².